The van der Waals surface area contributed by atoms with E-state index in [2.05, 4.69) is 62.3 Å². The van der Waals surface area contributed by atoms with Crippen LogP contribution in [-0.2, 0) is 8.85 Å². The maximum atomic E-state index is 6.33. The molecule has 0 saturated heterocycles. The molecule has 2 nitrogen and oxygen atoms in total. The highest BCUT2D eigenvalue weighted by atomic mass is 28.4. The summed E-state index contributed by atoms with van der Waals surface area (Å²) in [4.78, 5) is 0. The first-order chi connectivity index (χ1) is 8.10. The minimum atomic E-state index is -2.26. The van der Waals surface area contributed by atoms with E-state index < -0.39 is 8.56 Å². The van der Waals surface area contributed by atoms with E-state index in [4.69, 9.17) is 8.85 Å². The minimum absolute atomic E-state index is 0.0709. The summed E-state index contributed by atoms with van der Waals surface area (Å²) in [5.41, 5.74) is 0.680. The van der Waals surface area contributed by atoms with Crippen molar-refractivity contribution in [3.63, 3.8) is 0 Å². The zero-order valence-electron chi connectivity index (χ0n) is 14.0. The molecule has 110 valence electrons. The van der Waals surface area contributed by atoms with Gasteiger partial charge in [0.1, 0.15) is 0 Å². The van der Waals surface area contributed by atoms with Gasteiger partial charge in [-0.25, -0.2) is 0 Å². The molecule has 0 aromatic carbocycles. The predicted octanol–water partition coefficient (Wildman–Crippen LogP) is 5.13. The molecule has 0 bridgehead atoms. The van der Waals surface area contributed by atoms with Crippen LogP contribution in [0.4, 0.5) is 0 Å². The highest BCUT2D eigenvalue weighted by molar-refractivity contribution is 6.72. The molecule has 18 heavy (non-hydrogen) atoms. The monoisotopic (exact) mass is 274 g/mol. The van der Waals surface area contributed by atoms with E-state index in [-0.39, 0.29) is 10.5 Å². The summed E-state index contributed by atoms with van der Waals surface area (Å²) >= 11 is 0. The van der Waals surface area contributed by atoms with E-state index in [9.17, 15) is 0 Å². The normalized spacial score (nSPS) is 15.8. The van der Waals surface area contributed by atoms with Crippen LogP contribution in [0.1, 0.15) is 68.7 Å². The van der Waals surface area contributed by atoms with Crippen molar-refractivity contribution >= 4 is 8.56 Å². The molecule has 0 amide bonds. The first kappa shape index (κ1) is 18.1. The fourth-order valence-electron chi connectivity index (χ4n) is 2.52. The lowest BCUT2D eigenvalue weighted by Crippen LogP contribution is -2.58. The van der Waals surface area contributed by atoms with Crippen LogP contribution in [0.3, 0.4) is 0 Å². The zero-order valence-corrected chi connectivity index (χ0v) is 15.0. The Bertz CT molecular complexity index is 237. The van der Waals surface area contributed by atoms with Gasteiger partial charge in [-0.2, -0.15) is 0 Å². The molecule has 0 heterocycles. The first-order valence-corrected chi connectivity index (χ1v) is 9.28. The van der Waals surface area contributed by atoms with E-state index >= 15 is 0 Å². The van der Waals surface area contributed by atoms with E-state index in [1.807, 2.05) is 0 Å². The van der Waals surface area contributed by atoms with Crippen molar-refractivity contribution in [3.05, 3.63) is 0 Å². The first-order valence-electron chi connectivity index (χ1n) is 7.38. The maximum absolute atomic E-state index is 6.33. The van der Waals surface area contributed by atoms with Gasteiger partial charge in [-0.3, -0.25) is 0 Å². The Hall–Kier alpha value is 0.137. The largest absolute Gasteiger partial charge is 0.394 e. The van der Waals surface area contributed by atoms with Crippen molar-refractivity contribution in [3.8, 4) is 0 Å². The molecule has 0 fully saturated rings. The van der Waals surface area contributed by atoms with Crippen LogP contribution < -0.4 is 0 Å². The van der Waals surface area contributed by atoms with Crippen LogP contribution in [0.25, 0.3) is 0 Å². The van der Waals surface area contributed by atoms with Crippen LogP contribution in [0.2, 0.25) is 10.6 Å². The number of rotatable bonds is 7. The summed E-state index contributed by atoms with van der Waals surface area (Å²) in [5, 5.41) is 0.0709. The fourth-order valence-corrected chi connectivity index (χ4v) is 7.57. The molecule has 0 radical (unpaired) electrons. The van der Waals surface area contributed by atoms with Gasteiger partial charge in [-0.1, -0.05) is 54.9 Å². The molecule has 0 aromatic rings. The quantitative estimate of drug-likeness (QED) is 0.599. The molecule has 1 atom stereocenters. The van der Waals surface area contributed by atoms with E-state index in [0.29, 0.717) is 5.54 Å². The summed E-state index contributed by atoms with van der Waals surface area (Å²) in [6.45, 7) is 21.8. The van der Waals surface area contributed by atoms with Crippen molar-refractivity contribution in [2.75, 3.05) is 13.2 Å². The summed E-state index contributed by atoms with van der Waals surface area (Å²) in [7, 11) is -2.26. The van der Waals surface area contributed by atoms with Gasteiger partial charge in [0.15, 0.2) is 0 Å². The van der Waals surface area contributed by atoms with E-state index in [1.165, 1.54) is 0 Å². The molecular formula is C15H34O2Si. The van der Waals surface area contributed by atoms with Crippen LogP contribution in [0.5, 0.6) is 0 Å². The summed E-state index contributed by atoms with van der Waals surface area (Å²) in [6, 6.07) is 0. The Kier molecular flexibility index (Phi) is 6.58. The molecule has 0 aliphatic heterocycles. The van der Waals surface area contributed by atoms with Gasteiger partial charge in [-0.15, -0.1) is 0 Å². The van der Waals surface area contributed by atoms with Gasteiger partial charge >= 0.3 is 8.56 Å². The molecule has 0 aliphatic rings. The van der Waals surface area contributed by atoms with Crippen LogP contribution in [0, 0.1) is 5.41 Å². The van der Waals surface area contributed by atoms with Crippen molar-refractivity contribution in [2.45, 2.75) is 79.3 Å². The summed E-state index contributed by atoms with van der Waals surface area (Å²) < 4.78 is 12.7. The molecule has 1 unspecified atom stereocenters. The molecule has 0 spiro atoms. The molecular weight excluding hydrogens is 240 g/mol. The lowest BCUT2D eigenvalue weighted by Gasteiger charge is -2.52. The lowest BCUT2D eigenvalue weighted by atomic mass is 9.82. The highest BCUT2D eigenvalue weighted by Gasteiger charge is 2.59. The standard InChI is InChI=1S/C15H34O2Si/c1-10-13(4)18(16-11-2,17-12-3)15(8,9)14(5,6)7/h13H,10-12H2,1-9H3. The third-order valence-corrected chi connectivity index (χ3v) is 10.4. The molecule has 0 N–H and O–H groups in total. The second-order valence-electron chi connectivity index (χ2n) is 6.72. The van der Waals surface area contributed by atoms with Crippen molar-refractivity contribution in [1.82, 2.24) is 0 Å². The average molecular weight is 275 g/mol. The van der Waals surface area contributed by atoms with Crippen molar-refractivity contribution < 1.29 is 8.85 Å². The maximum Gasteiger partial charge on any atom is 0.347 e. The second kappa shape index (κ2) is 6.53. The molecule has 0 aliphatic carbocycles. The molecule has 3 heteroatoms. The minimum Gasteiger partial charge on any atom is -0.394 e. The van der Waals surface area contributed by atoms with Gasteiger partial charge in [0.25, 0.3) is 0 Å². The Morgan fingerprint density at radius 2 is 1.28 bits per heavy atom. The Morgan fingerprint density at radius 1 is 0.889 bits per heavy atom. The van der Waals surface area contributed by atoms with Crippen LogP contribution in [0.15, 0.2) is 0 Å². The number of hydrogen-bond donors (Lipinski definition) is 0. The summed E-state index contributed by atoms with van der Waals surface area (Å²) in [6.07, 6.45) is 1.12. The Labute approximate surface area is 116 Å². The highest BCUT2D eigenvalue weighted by Crippen LogP contribution is 2.57. The van der Waals surface area contributed by atoms with E-state index in [1.54, 1.807) is 0 Å². The number of hydrogen-bond acceptors (Lipinski definition) is 2. The SMILES string of the molecule is CCO[Si](OCC)(C(C)CC)C(C)(C)C(C)(C)C. The third kappa shape index (κ3) is 3.17. The van der Waals surface area contributed by atoms with E-state index in [0.717, 1.165) is 19.6 Å². The van der Waals surface area contributed by atoms with Gasteiger partial charge in [0.2, 0.25) is 0 Å². The van der Waals surface area contributed by atoms with Gasteiger partial charge in [0, 0.05) is 23.8 Å². The van der Waals surface area contributed by atoms with Gasteiger partial charge in [0.05, 0.1) is 0 Å². The topological polar surface area (TPSA) is 18.5 Å². The van der Waals surface area contributed by atoms with Crippen LogP contribution >= 0.6 is 0 Å². The van der Waals surface area contributed by atoms with Gasteiger partial charge in [-0.05, 0) is 19.3 Å². The predicted molar refractivity (Wildman–Crippen MR) is 82.2 cm³/mol. The Balaban J connectivity index is 5.68. The van der Waals surface area contributed by atoms with Crippen LogP contribution in [-0.4, -0.2) is 21.8 Å². The molecule has 0 aromatic heterocycles. The average Bonchev–Trinajstić information content (AvgIpc) is 2.25. The Morgan fingerprint density at radius 3 is 1.50 bits per heavy atom. The molecule has 0 rings (SSSR count). The molecule has 0 saturated carbocycles. The fraction of sp³-hybridized carbons (Fsp3) is 1.00. The third-order valence-electron chi connectivity index (χ3n) is 4.72. The smallest absolute Gasteiger partial charge is 0.347 e. The summed E-state index contributed by atoms with van der Waals surface area (Å²) in [5.74, 6) is 0. The van der Waals surface area contributed by atoms with Crippen molar-refractivity contribution in [1.29, 1.82) is 0 Å². The van der Waals surface area contributed by atoms with Crippen molar-refractivity contribution in [2.24, 2.45) is 5.41 Å². The second-order valence-corrected chi connectivity index (χ2v) is 10.9. The van der Waals surface area contributed by atoms with Gasteiger partial charge < -0.3 is 8.85 Å². The lowest BCUT2D eigenvalue weighted by molar-refractivity contribution is 0.112. The zero-order chi connectivity index (χ0) is 14.6.